The van der Waals surface area contributed by atoms with Crippen LogP contribution in [0.3, 0.4) is 0 Å². The van der Waals surface area contributed by atoms with E-state index in [1.807, 2.05) is 49.4 Å². The molecule has 0 fully saturated rings. The molecule has 1 heterocycles. The van der Waals surface area contributed by atoms with Crippen molar-refractivity contribution in [2.24, 2.45) is 0 Å². The smallest absolute Gasteiger partial charge is 0.335 e. The van der Waals surface area contributed by atoms with Crippen LogP contribution in [0.1, 0.15) is 22.8 Å². The van der Waals surface area contributed by atoms with Gasteiger partial charge in [-0.05, 0) is 67.1 Å². The summed E-state index contributed by atoms with van der Waals surface area (Å²) in [6.45, 7) is 2.49. The second-order valence-corrected chi connectivity index (χ2v) is 7.76. The van der Waals surface area contributed by atoms with E-state index in [4.69, 9.17) is 9.84 Å². The molecule has 0 spiro atoms. The third-order valence-corrected chi connectivity index (χ3v) is 5.73. The SMILES string of the molecule is COc1ccc(CN2c3cc(Nc4ccc(C(=O)O)cc4)ccc3N(C)C(=O)C2C)cc1. The van der Waals surface area contributed by atoms with Crippen LogP contribution in [0.4, 0.5) is 22.7 Å². The van der Waals surface area contributed by atoms with Gasteiger partial charge in [-0.25, -0.2) is 4.79 Å². The molecule has 32 heavy (non-hydrogen) atoms. The van der Waals surface area contributed by atoms with Crippen LogP contribution in [0.2, 0.25) is 0 Å². The summed E-state index contributed by atoms with van der Waals surface area (Å²) in [6, 6.07) is 20.0. The molecule has 0 radical (unpaired) electrons. The third kappa shape index (κ3) is 4.09. The molecule has 0 saturated heterocycles. The average molecular weight is 431 g/mol. The number of carbonyl (C=O) groups is 2. The Hall–Kier alpha value is -4.00. The van der Waals surface area contributed by atoms with Gasteiger partial charge < -0.3 is 25.0 Å². The van der Waals surface area contributed by atoms with Gasteiger partial charge in [-0.2, -0.15) is 0 Å². The van der Waals surface area contributed by atoms with Gasteiger partial charge in [0.2, 0.25) is 5.91 Å². The molecular weight excluding hydrogens is 406 g/mol. The van der Waals surface area contributed by atoms with Gasteiger partial charge in [-0.15, -0.1) is 0 Å². The number of nitrogens with zero attached hydrogens (tertiary/aromatic N) is 2. The number of likely N-dealkylation sites (N-methyl/N-ethyl adjacent to an activating group) is 1. The lowest BCUT2D eigenvalue weighted by molar-refractivity contribution is -0.119. The van der Waals surface area contributed by atoms with Crippen molar-refractivity contribution in [1.82, 2.24) is 0 Å². The van der Waals surface area contributed by atoms with Gasteiger partial charge in [0.05, 0.1) is 24.0 Å². The maximum atomic E-state index is 12.9. The molecule has 7 heteroatoms. The number of rotatable bonds is 6. The zero-order valence-corrected chi connectivity index (χ0v) is 18.2. The molecule has 2 N–H and O–H groups in total. The highest BCUT2D eigenvalue weighted by atomic mass is 16.5. The lowest BCUT2D eigenvalue weighted by Crippen LogP contribution is -2.50. The minimum Gasteiger partial charge on any atom is -0.497 e. The summed E-state index contributed by atoms with van der Waals surface area (Å²) in [5.74, 6) is -0.130. The number of amides is 1. The molecular formula is C25H25N3O4. The highest BCUT2D eigenvalue weighted by molar-refractivity contribution is 6.05. The van der Waals surface area contributed by atoms with Crippen molar-refractivity contribution in [3.8, 4) is 5.75 Å². The molecule has 1 unspecified atom stereocenters. The largest absolute Gasteiger partial charge is 0.497 e. The Morgan fingerprint density at radius 3 is 2.28 bits per heavy atom. The maximum Gasteiger partial charge on any atom is 0.335 e. The molecule has 0 aliphatic carbocycles. The summed E-state index contributed by atoms with van der Waals surface area (Å²) in [5, 5.41) is 12.4. The van der Waals surface area contributed by atoms with E-state index in [-0.39, 0.29) is 17.5 Å². The maximum absolute atomic E-state index is 12.9. The van der Waals surface area contributed by atoms with Crippen molar-refractivity contribution in [2.75, 3.05) is 29.3 Å². The Morgan fingerprint density at radius 2 is 1.66 bits per heavy atom. The van der Waals surface area contributed by atoms with Gasteiger partial charge in [-0.3, -0.25) is 4.79 Å². The van der Waals surface area contributed by atoms with E-state index in [2.05, 4.69) is 10.2 Å². The predicted molar refractivity (Wildman–Crippen MR) is 125 cm³/mol. The number of carboxylic acids is 1. The number of carboxylic acid groups (broad SMARTS) is 1. The number of hydrogen-bond donors (Lipinski definition) is 2. The van der Waals surface area contributed by atoms with Crippen molar-refractivity contribution in [2.45, 2.75) is 19.5 Å². The van der Waals surface area contributed by atoms with Crippen molar-refractivity contribution >= 4 is 34.6 Å². The lowest BCUT2D eigenvalue weighted by atomic mass is 10.0. The van der Waals surface area contributed by atoms with E-state index < -0.39 is 5.97 Å². The summed E-state index contributed by atoms with van der Waals surface area (Å²) >= 11 is 0. The summed E-state index contributed by atoms with van der Waals surface area (Å²) in [6.07, 6.45) is 0. The summed E-state index contributed by atoms with van der Waals surface area (Å²) in [4.78, 5) is 27.7. The Morgan fingerprint density at radius 1 is 1.00 bits per heavy atom. The van der Waals surface area contributed by atoms with Crippen molar-refractivity contribution in [1.29, 1.82) is 0 Å². The van der Waals surface area contributed by atoms with Crippen LogP contribution in [-0.4, -0.2) is 37.2 Å². The van der Waals surface area contributed by atoms with Gasteiger partial charge in [0.15, 0.2) is 0 Å². The van der Waals surface area contributed by atoms with Crippen LogP contribution in [0.5, 0.6) is 5.75 Å². The normalized spacial score (nSPS) is 15.3. The molecule has 1 atom stereocenters. The number of anilines is 4. The Kier molecular flexibility index (Phi) is 5.73. The zero-order valence-electron chi connectivity index (χ0n) is 18.2. The third-order valence-electron chi connectivity index (χ3n) is 5.73. The minimum absolute atomic E-state index is 0.0379. The van der Waals surface area contributed by atoms with Gasteiger partial charge in [-0.1, -0.05) is 12.1 Å². The number of benzene rings is 3. The second kappa shape index (κ2) is 8.63. The first-order chi connectivity index (χ1) is 15.4. The fourth-order valence-electron chi connectivity index (χ4n) is 3.87. The van der Waals surface area contributed by atoms with E-state index in [0.717, 1.165) is 34.1 Å². The molecule has 1 amide bonds. The van der Waals surface area contributed by atoms with Crippen LogP contribution in [0, 0.1) is 0 Å². The summed E-state index contributed by atoms with van der Waals surface area (Å²) < 4.78 is 5.25. The van der Waals surface area contributed by atoms with Crippen molar-refractivity contribution in [3.05, 3.63) is 77.9 Å². The Bertz CT molecular complexity index is 1140. The van der Waals surface area contributed by atoms with Crippen LogP contribution in [0.25, 0.3) is 0 Å². The summed E-state index contributed by atoms with van der Waals surface area (Å²) in [5.41, 5.74) is 4.73. The van der Waals surface area contributed by atoms with Gasteiger partial charge in [0.1, 0.15) is 11.8 Å². The Balaban J connectivity index is 1.65. The van der Waals surface area contributed by atoms with Crippen molar-refractivity contribution < 1.29 is 19.4 Å². The number of carbonyl (C=O) groups excluding carboxylic acids is 1. The molecule has 1 aliphatic rings. The van der Waals surface area contributed by atoms with Gasteiger partial charge >= 0.3 is 5.97 Å². The highest BCUT2D eigenvalue weighted by Crippen LogP contribution is 2.39. The van der Waals surface area contributed by atoms with E-state index in [1.165, 1.54) is 0 Å². The Labute approximate surface area is 186 Å². The quantitative estimate of drug-likeness (QED) is 0.598. The number of hydrogen-bond acceptors (Lipinski definition) is 5. The zero-order chi connectivity index (χ0) is 22.8. The first kappa shape index (κ1) is 21.2. The predicted octanol–water partition coefficient (Wildman–Crippen LogP) is 4.51. The minimum atomic E-state index is -0.957. The standard InChI is InChI=1S/C25H25N3O4/c1-16-24(29)27(2)22-13-10-20(26-19-8-6-18(7-9-19)25(30)31)14-23(22)28(16)15-17-4-11-21(32-3)12-5-17/h4-14,16,26H,15H2,1-3H3,(H,30,31). The first-order valence-corrected chi connectivity index (χ1v) is 10.3. The van der Waals surface area contributed by atoms with Gasteiger partial charge in [0, 0.05) is 25.0 Å². The fraction of sp³-hybridized carbons (Fsp3) is 0.200. The lowest BCUT2D eigenvalue weighted by Gasteiger charge is -2.40. The molecule has 4 rings (SSSR count). The number of methoxy groups -OCH3 is 1. The second-order valence-electron chi connectivity index (χ2n) is 7.76. The van der Waals surface area contributed by atoms with E-state index in [9.17, 15) is 9.59 Å². The monoisotopic (exact) mass is 431 g/mol. The molecule has 7 nitrogen and oxygen atoms in total. The molecule has 0 aromatic heterocycles. The first-order valence-electron chi connectivity index (χ1n) is 10.3. The van der Waals surface area contributed by atoms with Crippen LogP contribution in [0.15, 0.2) is 66.7 Å². The van der Waals surface area contributed by atoms with Crippen LogP contribution in [-0.2, 0) is 11.3 Å². The van der Waals surface area contributed by atoms with E-state index >= 15 is 0 Å². The van der Waals surface area contributed by atoms with Crippen LogP contribution >= 0.6 is 0 Å². The number of nitrogens with one attached hydrogen (secondary N) is 1. The van der Waals surface area contributed by atoms with Crippen molar-refractivity contribution in [3.63, 3.8) is 0 Å². The number of ether oxygens (including phenoxy) is 1. The molecule has 3 aromatic rings. The molecule has 1 aliphatic heterocycles. The highest BCUT2D eigenvalue weighted by Gasteiger charge is 2.33. The molecule has 0 bridgehead atoms. The number of fused-ring (bicyclic) bond motifs is 1. The topological polar surface area (TPSA) is 82.1 Å². The van der Waals surface area contributed by atoms with E-state index in [0.29, 0.717) is 6.54 Å². The fourth-order valence-corrected chi connectivity index (χ4v) is 3.87. The van der Waals surface area contributed by atoms with Crippen LogP contribution < -0.4 is 19.9 Å². The summed E-state index contributed by atoms with van der Waals surface area (Å²) in [7, 11) is 3.43. The average Bonchev–Trinajstić information content (AvgIpc) is 2.81. The van der Waals surface area contributed by atoms with E-state index in [1.54, 1.807) is 43.3 Å². The van der Waals surface area contributed by atoms with Gasteiger partial charge in [0.25, 0.3) is 0 Å². The molecule has 0 saturated carbocycles. The number of aromatic carboxylic acids is 1. The molecule has 164 valence electrons. The molecule has 3 aromatic carbocycles.